The number of nitrogens with one attached hydrogen (secondary N) is 1. The standard InChI is InChI=1S/C18H24N2O4S/c1-4-18(2,3)10-5-6-11-12(9-10)25-17(15(11)16(19)24)20-13(21)7-8-14(22)23/h7-8,10H,4-6,9H2,1-3H3,(H2,19,24)(H,20,21)(H,22,23)/p-1/b8-7+/t10-/m0/s1. The highest BCUT2D eigenvalue weighted by Gasteiger charge is 2.34. The molecule has 0 unspecified atom stereocenters. The number of anilines is 1. The van der Waals surface area contributed by atoms with Crippen molar-refractivity contribution in [2.45, 2.75) is 46.5 Å². The number of carbonyl (C=O) groups excluding carboxylic acids is 3. The van der Waals surface area contributed by atoms with Crippen LogP contribution in [0.5, 0.6) is 0 Å². The van der Waals surface area contributed by atoms with Crippen molar-refractivity contribution in [3.63, 3.8) is 0 Å². The zero-order valence-electron chi connectivity index (χ0n) is 14.7. The van der Waals surface area contributed by atoms with Crippen molar-refractivity contribution in [3.8, 4) is 0 Å². The van der Waals surface area contributed by atoms with Crippen LogP contribution >= 0.6 is 11.3 Å². The molecular formula is C18H23N2O4S-. The quantitative estimate of drug-likeness (QED) is 0.748. The van der Waals surface area contributed by atoms with E-state index in [1.54, 1.807) is 0 Å². The first-order valence-corrected chi connectivity index (χ1v) is 9.11. The molecule has 3 N–H and O–H groups in total. The minimum Gasteiger partial charge on any atom is -0.545 e. The molecule has 6 nitrogen and oxygen atoms in total. The van der Waals surface area contributed by atoms with Gasteiger partial charge in [-0.05, 0) is 42.2 Å². The summed E-state index contributed by atoms with van der Waals surface area (Å²) in [7, 11) is 0. The topological polar surface area (TPSA) is 112 Å². The van der Waals surface area contributed by atoms with Gasteiger partial charge >= 0.3 is 0 Å². The van der Waals surface area contributed by atoms with Gasteiger partial charge in [-0.3, -0.25) is 9.59 Å². The molecule has 25 heavy (non-hydrogen) atoms. The van der Waals surface area contributed by atoms with E-state index in [0.717, 1.165) is 42.2 Å². The van der Waals surface area contributed by atoms with E-state index in [4.69, 9.17) is 5.73 Å². The molecule has 0 bridgehead atoms. The van der Waals surface area contributed by atoms with Gasteiger partial charge < -0.3 is 21.0 Å². The smallest absolute Gasteiger partial charge is 0.251 e. The van der Waals surface area contributed by atoms with Crippen LogP contribution in [0.2, 0.25) is 0 Å². The van der Waals surface area contributed by atoms with Crippen molar-refractivity contribution in [1.82, 2.24) is 0 Å². The molecule has 1 aliphatic carbocycles. The molecule has 0 fully saturated rings. The van der Waals surface area contributed by atoms with Crippen molar-refractivity contribution >= 4 is 34.1 Å². The number of carboxylic acids is 1. The van der Waals surface area contributed by atoms with Crippen LogP contribution in [0.1, 0.15) is 54.4 Å². The molecule has 136 valence electrons. The van der Waals surface area contributed by atoms with Gasteiger partial charge in [0.2, 0.25) is 5.91 Å². The molecule has 1 atom stereocenters. The largest absolute Gasteiger partial charge is 0.545 e. The van der Waals surface area contributed by atoms with E-state index in [2.05, 4.69) is 26.1 Å². The molecule has 1 aromatic heterocycles. The third-order valence-corrected chi connectivity index (χ3v) is 6.31. The van der Waals surface area contributed by atoms with Gasteiger partial charge in [0, 0.05) is 11.0 Å². The highest BCUT2D eigenvalue weighted by atomic mass is 32.1. The molecule has 0 saturated carbocycles. The van der Waals surface area contributed by atoms with E-state index in [9.17, 15) is 19.5 Å². The van der Waals surface area contributed by atoms with Gasteiger partial charge in [-0.25, -0.2) is 0 Å². The van der Waals surface area contributed by atoms with Gasteiger partial charge in [0.15, 0.2) is 0 Å². The second kappa shape index (κ2) is 7.39. The number of carboxylic acid groups (broad SMARTS) is 1. The lowest BCUT2D eigenvalue weighted by atomic mass is 9.69. The monoisotopic (exact) mass is 363 g/mol. The number of amides is 2. The van der Waals surface area contributed by atoms with Crippen LogP contribution in [0.4, 0.5) is 5.00 Å². The summed E-state index contributed by atoms with van der Waals surface area (Å²) in [5.74, 6) is -2.16. The zero-order valence-corrected chi connectivity index (χ0v) is 15.5. The predicted molar refractivity (Wildman–Crippen MR) is 95.2 cm³/mol. The Hall–Kier alpha value is -2.15. The first-order chi connectivity index (χ1) is 11.7. The molecule has 0 radical (unpaired) electrons. The summed E-state index contributed by atoms with van der Waals surface area (Å²) in [6, 6.07) is 0. The lowest BCUT2D eigenvalue weighted by molar-refractivity contribution is -0.297. The molecule has 0 spiro atoms. The van der Waals surface area contributed by atoms with E-state index in [1.165, 1.54) is 11.3 Å². The van der Waals surface area contributed by atoms with E-state index < -0.39 is 17.8 Å². The Balaban J connectivity index is 2.30. The normalized spacial score (nSPS) is 17.3. The van der Waals surface area contributed by atoms with Crippen LogP contribution in [0.25, 0.3) is 0 Å². The zero-order chi connectivity index (χ0) is 18.8. The Morgan fingerprint density at radius 3 is 2.60 bits per heavy atom. The van der Waals surface area contributed by atoms with Crippen LogP contribution in [0.3, 0.4) is 0 Å². The van der Waals surface area contributed by atoms with Crippen LogP contribution in [-0.4, -0.2) is 17.8 Å². The van der Waals surface area contributed by atoms with Crippen LogP contribution in [0, 0.1) is 11.3 Å². The number of carbonyl (C=O) groups is 3. The third kappa shape index (κ3) is 4.28. The maximum absolute atomic E-state index is 11.9. The van der Waals surface area contributed by atoms with Gasteiger partial charge in [-0.2, -0.15) is 0 Å². The minimum absolute atomic E-state index is 0.204. The maximum Gasteiger partial charge on any atom is 0.251 e. The van der Waals surface area contributed by atoms with Crippen LogP contribution in [-0.2, 0) is 22.4 Å². The molecule has 7 heteroatoms. The van der Waals surface area contributed by atoms with Crippen molar-refractivity contribution in [3.05, 3.63) is 28.2 Å². The second-order valence-electron chi connectivity index (χ2n) is 7.00. The minimum atomic E-state index is -1.46. The van der Waals surface area contributed by atoms with Crippen LogP contribution in [0.15, 0.2) is 12.2 Å². The summed E-state index contributed by atoms with van der Waals surface area (Å²) in [5, 5.41) is 13.4. The second-order valence-corrected chi connectivity index (χ2v) is 8.10. The summed E-state index contributed by atoms with van der Waals surface area (Å²) < 4.78 is 0. The van der Waals surface area contributed by atoms with Crippen LogP contribution < -0.4 is 16.2 Å². The predicted octanol–water partition coefficient (Wildman–Crippen LogP) is 1.63. The molecule has 1 aliphatic rings. The number of hydrogen-bond donors (Lipinski definition) is 2. The number of thiophene rings is 1. The Bertz CT molecular complexity index is 734. The summed E-state index contributed by atoms with van der Waals surface area (Å²) in [6.07, 6.45) is 5.16. The summed E-state index contributed by atoms with van der Waals surface area (Å²) in [6.45, 7) is 6.67. The molecule has 2 amide bonds. The number of primary amides is 1. The van der Waals surface area contributed by atoms with Crippen molar-refractivity contribution in [2.75, 3.05) is 5.32 Å². The lowest BCUT2D eigenvalue weighted by Crippen LogP contribution is -2.29. The number of rotatable bonds is 6. The Kier molecular flexibility index (Phi) is 5.67. The molecule has 1 aromatic rings. The Labute approximate surface area is 151 Å². The Morgan fingerprint density at radius 1 is 1.36 bits per heavy atom. The van der Waals surface area contributed by atoms with Crippen molar-refractivity contribution in [1.29, 1.82) is 0 Å². The fourth-order valence-electron chi connectivity index (χ4n) is 3.19. The highest BCUT2D eigenvalue weighted by Crippen LogP contribution is 2.45. The van der Waals surface area contributed by atoms with E-state index in [1.807, 2.05) is 0 Å². The third-order valence-electron chi connectivity index (χ3n) is 5.14. The number of nitrogens with two attached hydrogens (primary N) is 1. The van der Waals surface area contributed by atoms with Gasteiger partial charge in [-0.1, -0.05) is 27.2 Å². The lowest BCUT2D eigenvalue weighted by Gasteiger charge is -2.36. The molecule has 0 aliphatic heterocycles. The molecule has 0 saturated heterocycles. The number of hydrogen-bond acceptors (Lipinski definition) is 5. The molecular weight excluding hydrogens is 340 g/mol. The van der Waals surface area contributed by atoms with Gasteiger partial charge in [0.1, 0.15) is 5.00 Å². The Morgan fingerprint density at radius 2 is 2.04 bits per heavy atom. The molecule has 0 aromatic carbocycles. The van der Waals surface area contributed by atoms with Crippen molar-refractivity contribution < 1.29 is 19.5 Å². The highest BCUT2D eigenvalue weighted by molar-refractivity contribution is 7.17. The average molecular weight is 363 g/mol. The van der Waals surface area contributed by atoms with Gasteiger partial charge in [0.25, 0.3) is 5.91 Å². The first-order valence-electron chi connectivity index (χ1n) is 8.30. The van der Waals surface area contributed by atoms with Crippen molar-refractivity contribution in [2.24, 2.45) is 17.1 Å². The SMILES string of the molecule is CCC(C)(C)[C@H]1CCc2c(sc(NC(=O)/C=C/C(=O)[O-])c2C(N)=O)C1. The summed E-state index contributed by atoms with van der Waals surface area (Å²) in [4.78, 5) is 35.2. The molecule has 2 rings (SSSR count). The number of fused-ring (bicyclic) bond motifs is 1. The fraction of sp³-hybridized carbons (Fsp3) is 0.500. The fourth-order valence-corrected chi connectivity index (χ4v) is 4.52. The first kappa shape index (κ1) is 19.2. The van der Waals surface area contributed by atoms with E-state index >= 15 is 0 Å². The number of aliphatic carboxylic acids is 1. The maximum atomic E-state index is 11.9. The van der Waals surface area contributed by atoms with Gasteiger partial charge in [-0.15, -0.1) is 11.3 Å². The average Bonchev–Trinajstić information content (AvgIpc) is 2.89. The summed E-state index contributed by atoms with van der Waals surface area (Å²) >= 11 is 1.35. The van der Waals surface area contributed by atoms with Gasteiger partial charge in [0.05, 0.1) is 11.5 Å². The van der Waals surface area contributed by atoms with E-state index in [-0.39, 0.29) is 5.41 Å². The molecule has 1 heterocycles. The van der Waals surface area contributed by atoms with E-state index in [0.29, 0.717) is 22.6 Å². The summed E-state index contributed by atoms with van der Waals surface area (Å²) in [5.41, 5.74) is 6.99.